The van der Waals surface area contributed by atoms with Crippen LogP contribution in [0.2, 0.25) is 0 Å². The number of nitrogens with zero attached hydrogens (tertiary/aromatic N) is 1. The standard InChI is InChI=1S/C32H54N6O8/c1-25(39)34-16-11-21-38(26(2)40)20-10-9-15-33-17-14-28(37-31(43)45-24-27-12-7-6-8-13-27)29(41)35-18-22-44-23-19-36-30(42)46-32(3,4)5/h6-8,12-13,28,33H,9-11,14-24H2,1-5H3,(H,34,39)(H,35,41)(H,36,42)(H,37,43)/t28-/m0/s1. The summed E-state index contributed by atoms with van der Waals surface area (Å²) in [6.45, 7) is 12.2. The van der Waals surface area contributed by atoms with Crippen molar-refractivity contribution in [2.75, 3.05) is 59.0 Å². The Morgan fingerprint density at radius 3 is 2.11 bits per heavy atom. The van der Waals surface area contributed by atoms with Crippen molar-refractivity contribution < 1.29 is 38.2 Å². The lowest BCUT2D eigenvalue weighted by molar-refractivity contribution is -0.129. The van der Waals surface area contributed by atoms with E-state index in [-0.39, 0.29) is 50.6 Å². The number of amides is 5. The summed E-state index contributed by atoms with van der Waals surface area (Å²) in [5, 5.41) is 14.0. The minimum absolute atomic E-state index is 0.00210. The molecule has 0 saturated heterocycles. The molecule has 0 aliphatic heterocycles. The summed E-state index contributed by atoms with van der Waals surface area (Å²) in [6, 6.07) is 8.41. The molecule has 0 aliphatic rings. The first-order chi connectivity index (χ1) is 21.9. The van der Waals surface area contributed by atoms with E-state index in [0.717, 1.165) is 18.4 Å². The van der Waals surface area contributed by atoms with Crippen LogP contribution in [-0.4, -0.2) is 105 Å². The van der Waals surface area contributed by atoms with Gasteiger partial charge >= 0.3 is 12.2 Å². The second kappa shape index (κ2) is 23.4. The normalized spacial score (nSPS) is 11.6. The predicted octanol–water partition coefficient (Wildman–Crippen LogP) is 2.07. The first kappa shape index (κ1) is 40.1. The fourth-order valence-corrected chi connectivity index (χ4v) is 4.07. The van der Waals surface area contributed by atoms with Gasteiger partial charge in [-0.15, -0.1) is 0 Å². The Hall–Kier alpha value is -3.91. The van der Waals surface area contributed by atoms with Crippen LogP contribution in [0.4, 0.5) is 9.59 Å². The van der Waals surface area contributed by atoms with E-state index in [1.54, 1.807) is 25.7 Å². The summed E-state index contributed by atoms with van der Waals surface area (Å²) in [5.41, 5.74) is 0.243. The van der Waals surface area contributed by atoms with Gasteiger partial charge in [-0.3, -0.25) is 14.4 Å². The summed E-state index contributed by atoms with van der Waals surface area (Å²) in [6.07, 6.45) is 1.41. The van der Waals surface area contributed by atoms with E-state index in [1.165, 1.54) is 13.8 Å². The summed E-state index contributed by atoms with van der Waals surface area (Å²) in [5.74, 6) is -0.460. The quantitative estimate of drug-likeness (QED) is 0.118. The third-order valence-electron chi connectivity index (χ3n) is 6.35. The van der Waals surface area contributed by atoms with E-state index >= 15 is 0 Å². The summed E-state index contributed by atoms with van der Waals surface area (Å²) in [7, 11) is 0. The molecule has 260 valence electrons. The van der Waals surface area contributed by atoms with Crippen molar-refractivity contribution in [2.45, 2.75) is 78.6 Å². The Bertz CT molecular complexity index is 1050. The predicted molar refractivity (Wildman–Crippen MR) is 174 cm³/mol. The van der Waals surface area contributed by atoms with Crippen molar-refractivity contribution in [3.05, 3.63) is 35.9 Å². The van der Waals surface area contributed by atoms with Gasteiger partial charge in [-0.05, 0) is 65.1 Å². The molecule has 0 heterocycles. The van der Waals surface area contributed by atoms with Gasteiger partial charge in [0.2, 0.25) is 17.7 Å². The van der Waals surface area contributed by atoms with Gasteiger partial charge in [-0.1, -0.05) is 30.3 Å². The van der Waals surface area contributed by atoms with E-state index in [4.69, 9.17) is 14.2 Å². The first-order valence-corrected chi connectivity index (χ1v) is 15.9. The molecule has 0 saturated carbocycles. The van der Waals surface area contributed by atoms with Crippen LogP contribution in [-0.2, 0) is 35.2 Å². The Kier molecular flexibility index (Phi) is 20.4. The highest BCUT2D eigenvalue weighted by atomic mass is 16.6. The molecule has 1 rings (SSSR count). The van der Waals surface area contributed by atoms with Crippen LogP contribution in [0.5, 0.6) is 0 Å². The number of rotatable bonds is 22. The molecule has 5 amide bonds. The summed E-state index contributed by atoms with van der Waals surface area (Å²) >= 11 is 0. The van der Waals surface area contributed by atoms with Crippen molar-refractivity contribution in [3.63, 3.8) is 0 Å². The maximum atomic E-state index is 12.9. The monoisotopic (exact) mass is 650 g/mol. The third kappa shape index (κ3) is 21.7. The molecule has 0 fully saturated rings. The topological polar surface area (TPSA) is 176 Å². The van der Waals surface area contributed by atoms with E-state index in [2.05, 4.69) is 26.6 Å². The Morgan fingerprint density at radius 2 is 1.46 bits per heavy atom. The van der Waals surface area contributed by atoms with Gasteiger partial charge < -0.3 is 45.7 Å². The smallest absolute Gasteiger partial charge is 0.408 e. The zero-order chi connectivity index (χ0) is 34.2. The molecular formula is C32H54N6O8. The molecule has 0 bridgehead atoms. The maximum absolute atomic E-state index is 12.9. The average Bonchev–Trinajstić information content (AvgIpc) is 2.98. The molecule has 46 heavy (non-hydrogen) atoms. The third-order valence-corrected chi connectivity index (χ3v) is 6.35. The van der Waals surface area contributed by atoms with Crippen molar-refractivity contribution in [2.24, 2.45) is 0 Å². The van der Waals surface area contributed by atoms with Crippen molar-refractivity contribution in [1.29, 1.82) is 0 Å². The molecular weight excluding hydrogens is 596 g/mol. The van der Waals surface area contributed by atoms with Crippen LogP contribution in [0.1, 0.15) is 65.9 Å². The second-order valence-corrected chi connectivity index (χ2v) is 11.7. The van der Waals surface area contributed by atoms with Crippen molar-refractivity contribution in [3.8, 4) is 0 Å². The fourth-order valence-electron chi connectivity index (χ4n) is 4.07. The van der Waals surface area contributed by atoms with Crippen LogP contribution in [0.3, 0.4) is 0 Å². The van der Waals surface area contributed by atoms with Gasteiger partial charge in [0.05, 0.1) is 13.2 Å². The Balaban J connectivity index is 2.43. The SMILES string of the molecule is CC(=O)NCCCN(CCCCNCC[C@H](NC(=O)OCc1ccccc1)C(=O)NCCOCCNC(=O)OC(C)(C)C)C(C)=O. The molecule has 0 unspecified atom stereocenters. The molecule has 1 aromatic carbocycles. The van der Waals surface area contributed by atoms with Crippen LogP contribution in [0.15, 0.2) is 30.3 Å². The van der Waals surface area contributed by atoms with Gasteiger partial charge in [0.1, 0.15) is 18.2 Å². The minimum Gasteiger partial charge on any atom is -0.445 e. The highest BCUT2D eigenvalue weighted by Gasteiger charge is 2.21. The van der Waals surface area contributed by atoms with Gasteiger partial charge in [0.25, 0.3) is 0 Å². The summed E-state index contributed by atoms with van der Waals surface area (Å²) < 4.78 is 15.9. The zero-order valence-corrected chi connectivity index (χ0v) is 28.1. The zero-order valence-electron chi connectivity index (χ0n) is 28.1. The van der Waals surface area contributed by atoms with E-state index in [0.29, 0.717) is 45.6 Å². The number of hydrogen-bond donors (Lipinski definition) is 5. The molecule has 0 spiro atoms. The number of nitrogens with one attached hydrogen (secondary N) is 5. The molecule has 0 aromatic heterocycles. The highest BCUT2D eigenvalue weighted by Crippen LogP contribution is 2.06. The van der Waals surface area contributed by atoms with Crippen LogP contribution in [0.25, 0.3) is 0 Å². The molecule has 14 heteroatoms. The number of unbranched alkanes of at least 4 members (excludes halogenated alkanes) is 1. The molecule has 5 N–H and O–H groups in total. The van der Waals surface area contributed by atoms with Gasteiger partial charge in [-0.25, -0.2) is 9.59 Å². The lowest BCUT2D eigenvalue weighted by Gasteiger charge is -2.21. The Morgan fingerprint density at radius 1 is 0.783 bits per heavy atom. The average molecular weight is 651 g/mol. The second-order valence-electron chi connectivity index (χ2n) is 11.7. The lowest BCUT2D eigenvalue weighted by Crippen LogP contribution is -2.48. The molecule has 0 aliphatic carbocycles. The van der Waals surface area contributed by atoms with Crippen LogP contribution < -0.4 is 26.6 Å². The summed E-state index contributed by atoms with van der Waals surface area (Å²) in [4.78, 5) is 61.8. The molecule has 1 atom stereocenters. The number of ether oxygens (including phenoxy) is 3. The lowest BCUT2D eigenvalue weighted by atomic mass is 10.2. The molecule has 1 aromatic rings. The van der Waals surface area contributed by atoms with Crippen LogP contribution in [0, 0.1) is 0 Å². The molecule has 0 radical (unpaired) electrons. The first-order valence-electron chi connectivity index (χ1n) is 15.9. The van der Waals surface area contributed by atoms with Gasteiger partial charge in [-0.2, -0.15) is 0 Å². The highest BCUT2D eigenvalue weighted by molar-refractivity contribution is 5.85. The minimum atomic E-state index is -0.832. The number of carbonyl (C=O) groups is 5. The van der Waals surface area contributed by atoms with E-state index in [9.17, 15) is 24.0 Å². The van der Waals surface area contributed by atoms with E-state index in [1.807, 2.05) is 30.3 Å². The number of carbonyl (C=O) groups excluding carboxylic acids is 5. The number of hydrogen-bond acceptors (Lipinski definition) is 9. The van der Waals surface area contributed by atoms with Crippen LogP contribution >= 0.6 is 0 Å². The van der Waals surface area contributed by atoms with Gasteiger partial charge in [0, 0.05) is 46.6 Å². The van der Waals surface area contributed by atoms with Gasteiger partial charge in [0.15, 0.2) is 0 Å². The largest absolute Gasteiger partial charge is 0.445 e. The van der Waals surface area contributed by atoms with Crippen molar-refractivity contribution >= 4 is 29.9 Å². The van der Waals surface area contributed by atoms with Crippen molar-refractivity contribution in [1.82, 2.24) is 31.5 Å². The molecule has 14 nitrogen and oxygen atoms in total. The van der Waals surface area contributed by atoms with E-state index < -0.39 is 23.8 Å². The number of alkyl carbamates (subject to hydrolysis) is 2. The maximum Gasteiger partial charge on any atom is 0.408 e. The number of benzene rings is 1. The Labute approximate surface area is 273 Å². The fraction of sp³-hybridized carbons (Fsp3) is 0.656.